The summed E-state index contributed by atoms with van der Waals surface area (Å²) in [5, 5.41) is 5.50. The Morgan fingerprint density at radius 2 is 1.97 bits per heavy atom. The average molecular weight is 450 g/mol. The number of hydrogen-bond donors (Lipinski definition) is 2. The third kappa shape index (κ3) is 7.50. The number of esters is 1. The first-order valence-corrected chi connectivity index (χ1v) is 11.2. The van der Waals surface area contributed by atoms with Gasteiger partial charge in [-0.3, -0.25) is 19.7 Å². The monoisotopic (exact) mass is 449 g/mol. The van der Waals surface area contributed by atoms with E-state index < -0.39 is 17.9 Å². The van der Waals surface area contributed by atoms with Gasteiger partial charge in [0, 0.05) is 13.1 Å². The average Bonchev–Trinajstić information content (AvgIpc) is 2.76. The highest BCUT2D eigenvalue weighted by molar-refractivity contribution is 7.80. The second-order valence-electron chi connectivity index (χ2n) is 7.24. The first-order chi connectivity index (χ1) is 15.0. The SMILES string of the molecule is CCCCCOc1ccccc1C(=O)NC(=S)N1CCNC(=O)C1CC(=O)OCCC. The molecule has 1 saturated heterocycles. The molecular formula is C22H31N3O5S. The van der Waals surface area contributed by atoms with E-state index in [1.807, 2.05) is 6.92 Å². The van der Waals surface area contributed by atoms with E-state index in [1.165, 1.54) is 0 Å². The number of hydrogen-bond acceptors (Lipinski definition) is 6. The summed E-state index contributed by atoms with van der Waals surface area (Å²) in [6, 6.07) is 6.13. The molecule has 0 saturated carbocycles. The Labute approximate surface area is 188 Å². The van der Waals surface area contributed by atoms with Gasteiger partial charge in [0.25, 0.3) is 5.91 Å². The van der Waals surface area contributed by atoms with Crippen molar-refractivity contribution in [3.05, 3.63) is 29.8 Å². The topological polar surface area (TPSA) is 97.0 Å². The maximum atomic E-state index is 12.9. The molecule has 0 spiro atoms. The number of carbonyl (C=O) groups excluding carboxylic acids is 3. The number of para-hydroxylation sites is 1. The predicted molar refractivity (Wildman–Crippen MR) is 121 cm³/mol. The summed E-state index contributed by atoms with van der Waals surface area (Å²) in [7, 11) is 0. The molecule has 9 heteroatoms. The lowest BCUT2D eigenvalue weighted by atomic mass is 10.1. The third-order valence-electron chi connectivity index (χ3n) is 4.78. The molecule has 0 bridgehead atoms. The van der Waals surface area contributed by atoms with Crippen molar-refractivity contribution in [1.29, 1.82) is 0 Å². The first kappa shape index (κ1) is 24.6. The molecule has 2 rings (SSSR count). The van der Waals surface area contributed by atoms with Crippen molar-refractivity contribution in [2.75, 3.05) is 26.3 Å². The second kappa shape index (κ2) is 12.9. The minimum Gasteiger partial charge on any atom is -0.493 e. The van der Waals surface area contributed by atoms with Gasteiger partial charge in [-0.15, -0.1) is 0 Å². The van der Waals surface area contributed by atoms with E-state index in [0.717, 1.165) is 19.3 Å². The number of nitrogens with one attached hydrogen (secondary N) is 2. The zero-order valence-corrected chi connectivity index (χ0v) is 19.0. The third-order valence-corrected chi connectivity index (χ3v) is 5.11. The van der Waals surface area contributed by atoms with Gasteiger partial charge in [-0.25, -0.2) is 0 Å². The van der Waals surface area contributed by atoms with E-state index in [9.17, 15) is 14.4 Å². The fourth-order valence-electron chi connectivity index (χ4n) is 3.14. The van der Waals surface area contributed by atoms with Crippen LogP contribution in [-0.4, -0.2) is 60.1 Å². The zero-order chi connectivity index (χ0) is 22.6. The van der Waals surface area contributed by atoms with Gasteiger partial charge in [0.1, 0.15) is 11.8 Å². The van der Waals surface area contributed by atoms with E-state index in [2.05, 4.69) is 17.6 Å². The van der Waals surface area contributed by atoms with E-state index in [1.54, 1.807) is 29.2 Å². The minimum absolute atomic E-state index is 0.0916. The van der Waals surface area contributed by atoms with Gasteiger partial charge in [0.15, 0.2) is 5.11 Å². The molecule has 2 N–H and O–H groups in total. The van der Waals surface area contributed by atoms with Crippen LogP contribution in [0, 0.1) is 0 Å². The Balaban J connectivity index is 2.04. The van der Waals surface area contributed by atoms with Gasteiger partial charge in [-0.2, -0.15) is 0 Å². The minimum atomic E-state index is -0.827. The van der Waals surface area contributed by atoms with Crippen molar-refractivity contribution in [2.24, 2.45) is 0 Å². The number of piperazine rings is 1. The standard InChI is InChI=1S/C22H31N3O5S/c1-3-5-8-14-29-18-10-7-6-9-16(18)20(27)24-22(31)25-12-11-23-21(28)17(25)15-19(26)30-13-4-2/h6-7,9-10,17H,3-5,8,11-15H2,1-2H3,(H,23,28)(H,24,27,31). The molecule has 0 aliphatic carbocycles. The molecule has 0 aromatic heterocycles. The summed E-state index contributed by atoms with van der Waals surface area (Å²) in [6.45, 7) is 5.57. The van der Waals surface area contributed by atoms with Crippen LogP contribution in [0.2, 0.25) is 0 Å². The normalized spacial score (nSPS) is 15.7. The van der Waals surface area contributed by atoms with Crippen LogP contribution in [0.3, 0.4) is 0 Å². The number of rotatable bonds is 10. The molecular weight excluding hydrogens is 418 g/mol. The van der Waals surface area contributed by atoms with Crippen molar-refractivity contribution in [3.63, 3.8) is 0 Å². The van der Waals surface area contributed by atoms with Crippen LogP contribution in [0.1, 0.15) is 56.3 Å². The second-order valence-corrected chi connectivity index (χ2v) is 7.62. The van der Waals surface area contributed by atoms with Gasteiger partial charge in [-0.1, -0.05) is 38.8 Å². The van der Waals surface area contributed by atoms with Crippen LogP contribution in [0.4, 0.5) is 0 Å². The van der Waals surface area contributed by atoms with Crippen molar-refractivity contribution in [1.82, 2.24) is 15.5 Å². The summed E-state index contributed by atoms with van der Waals surface area (Å²) in [5.41, 5.74) is 0.363. The molecule has 2 amide bonds. The molecule has 0 radical (unpaired) electrons. The number of ether oxygens (including phenoxy) is 2. The lowest BCUT2D eigenvalue weighted by molar-refractivity contribution is -0.147. The van der Waals surface area contributed by atoms with E-state index >= 15 is 0 Å². The highest BCUT2D eigenvalue weighted by atomic mass is 32.1. The predicted octanol–water partition coefficient (Wildman–Crippen LogP) is 2.41. The molecule has 31 heavy (non-hydrogen) atoms. The molecule has 170 valence electrons. The van der Waals surface area contributed by atoms with Gasteiger partial charge < -0.3 is 19.7 Å². The maximum absolute atomic E-state index is 12.9. The van der Waals surface area contributed by atoms with E-state index in [0.29, 0.717) is 44.0 Å². The molecule has 1 aromatic carbocycles. The van der Waals surface area contributed by atoms with Crippen LogP contribution < -0.4 is 15.4 Å². The van der Waals surface area contributed by atoms with Crippen molar-refractivity contribution in [2.45, 2.75) is 52.0 Å². The highest BCUT2D eigenvalue weighted by Crippen LogP contribution is 2.19. The Bertz CT molecular complexity index is 786. The fraction of sp³-hybridized carbons (Fsp3) is 0.545. The molecule has 8 nitrogen and oxygen atoms in total. The number of benzene rings is 1. The number of amides is 2. The molecule has 1 heterocycles. The van der Waals surface area contributed by atoms with E-state index in [4.69, 9.17) is 21.7 Å². The number of carbonyl (C=O) groups is 3. The van der Waals surface area contributed by atoms with Gasteiger partial charge in [0.05, 0.1) is 25.2 Å². The molecule has 1 aromatic rings. The number of unbranched alkanes of at least 4 members (excludes halogenated alkanes) is 2. The zero-order valence-electron chi connectivity index (χ0n) is 18.1. The van der Waals surface area contributed by atoms with Crippen LogP contribution in [-0.2, 0) is 14.3 Å². The number of thiocarbonyl (C=S) groups is 1. The molecule has 1 atom stereocenters. The van der Waals surface area contributed by atoms with Crippen molar-refractivity contribution in [3.8, 4) is 5.75 Å². The van der Waals surface area contributed by atoms with E-state index in [-0.39, 0.29) is 17.4 Å². The molecule has 1 aliphatic heterocycles. The Morgan fingerprint density at radius 1 is 1.19 bits per heavy atom. The summed E-state index contributed by atoms with van der Waals surface area (Å²) < 4.78 is 10.9. The van der Waals surface area contributed by atoms with Gasteiger partial charge >= 0.3 is 5.97 Å². The Kier molecular flexibility index (Phi) is 10.2. The summed E-state index contributed by atoms with van der Waals surface area (Å²) in [5.74, 6) is -0.742. The maximum Gasteiger partial charge on any atom is 0.308 e. The van der Waals surface area contributed by atoms with Crippen LogP contribution in [0.5, 0.6) is 5.75 Å². The lowest BCUT2D eigenvalue weighted by Gasteiger charge is -2.36. The fourth-order valence-corrected chi connectivity index (χ4v) is 3.46. The molecule has 1 unspecified atom stereocenters. The first-order valence-electron chi connectivity index (χ1n) is 10.7. The Hall–Kier alpha value is -2.68. The quantitative estimate of drug-likeness (QED) is 0.322. The summed E-state index contributed by atoms with van der Waals surface area (Å²) in [6.07, 6.45) is 3.59. The lowest BCUT2D eigenvalue weighted by Crippen LogP contribution is -2.60. The molecule has 1 aliphatic rings. The van der Waals surface area contributed by atoms with Gasteiger partial charge in [-0.05, 0) is 37.2 Å². The van der Waals surface area contributed by atoms with Gasteiger partial charge in [0.2, 0.25) is 5.91 Å². The molecule has 1 fully saturated rings. The smallest absolute Gasteiger partial charge is 0.308 e. The summed E-state index contributed by atoms with van der Waals surface area (Å²) >= 11 is 5.41. The highest BCUT2D eigenvalue weighted by Gasteiger charge is 2.34. The largest absolute Gasteiger partial charge is 0.493 e. The Morgan fingerprint density at radius 3 is 2.71 bits per heavy atom. The number of nitrogens with zero attached hydrogens (tertiary/aromatic N) is 1. The summed E-state index contributed by atoms with van der Waals surface area (Å²) in [4.78, 5) is 38.8. The van der Waals surface area contributed by atoms with Crippen molar-refractivity contribution >= 4 is 35.1 Å². The van der Waals surface area contributed by atoms with Crippen LogP contribution in [0.25, 0.3) is 0 Å². The van der Waals surface area contributed by atoms with Crippen LogP contribution >= 0.6 is 12.2 Å². The van der Waals surface area contributed by atoms with Crippen LogP contribution in [0.15, 0.2) is 24.3 Å². The van der Waals surface area contributed by atoms with Crippen molar-refractivity contribution < 1.29 is 23.9 Å².